The Balaban J connectivity index is 0.000000804. The largest absolute Gasteiger partial charge is 0.396 e. The Morgan fingerprint density at radius 1 is 1.20 bits per heavy atom. The van der Waals surface area contributed by atoms with Gasteiger partial charge in [0.05, 0.1) is 6.10 Å². The van der Waals surface area contributed by atoms with Gasteiger partial charge in [0.2, 0.25) is 0 Å². The van der Waals surface area contributed by atoms with Crippen molar-refractivity contribution < 1.29 is 15.0 Å². The number of aliphatic hydroxyl groups excluding tert-OH is 2. The molecule has 3 heteroatoms. The van der Waals surface area contributed by atoms with Crippen LogP contribution in [0.4, 0.5) is 0 Å². The molecular formula is C27H44O3. The van der Waals surface area contributed by atoms with Gasteiger partial charge in [0.15, 0.2) is 0 Å². The maximum atomic E-state index is 9.94. The first-order valence-electron chi connectivity index (χ1n) is 12.0. The topological polar surface area (TPSA) is 57.5 Å². The van der Waals surface area contributed by atoms with Crippen molar-refractivity contribution in [3.05, 3.63) is 47.0 Å². The Labute approximate surface area is 184 Å². The van der Waals surface area contributed by atoms with Crippen molar-refractivity contribution in [2.75, 3.05) is 6.61 Å². The molecule has 0 bridgehead atoms. The Morgan fingerprint density at radius 3 is 2.40 bits per heavy atom. The van der Waals surface area contributed by atoms with Crippen LogP contribution in [0.15, 0.2) is 30.4 Å². The number of aldehydes is 1. The van der Waals surface area contributed by atoms with Crippen molar-refractivity contribution in [1.29, 1.82) is 0 Å². The van der Waals surface area contributed by atoms with Gasteiger partial charge in [-0.2, -0.15) is 0 Å². The molecule has 1 aliphatic carbocycles. The fourth-order valence-electron chi connectivity index (χ4n) is 4.46. The number of unbranched alkanes of at least 4 members (excludes halogenated alkanes) is 2. The first-order chi connectivity index (χ1) is 14.4. The summed E-state index contributed by atoms with van der Waals surface area (Å²) in [6.45, 7) is 9.55. The average molecular weight is 417 g/mol. The lowest BCUT2D eigenvalue weighted by molar-refractivity contribution is -0.104. The zero-order valence-corrected chi connectivity index (χ0v) is 19.5. The van der Waals surface area contributed by atoms with Crippen molar-refractivity contribution in [2.24, 2.45) is 5.92 Å². The summed E-state index contributed by atoms with van der Waals surface area (Å²) >= 11 is 0. The van der Waals surface area contributed by atoms with E-state index in [-0.39, 0.29) is 6.61 Å². The van der Waals surface area contributed by atoms with Gasteiger partial charge >= 0.3 is 0 Å². The molecule has 0 aliphatic heterocycles. The van der Waals surface area contributed by atoms with E-state index in [4.69, 9.17) is 5.11 Å². The van der Waals surface area contributed by atoms with Gasteiger partial charge in [0.25, 0.3) is 0 Å². The predicted octanol–water partition coefficient (Wildman–Crippen LogP) is 6.15. The number of rotatable bonds is 11. The summed E-state index contributed by atoms with van der Waals surface area (Å²) in [5, 5.41) is 18.9. The van der Waals surface area contributed by atoms with Gasteiger partial charge in [-0.05, 0) is 86.0 Å². The molecule has 0 radical (unpaired) electrons. The average Bonchev–Trinajstić information content (AvgIpc) is 2.75. The molecule has 1 aromatic rings. The predicted molar refractivity (Wildman–Crippen MR) is 127 cm³/mol. The van der Waals surface area contributed by atoms with Crippen LogP contribution >= 0.6 is 0 Å². The second-order valence-electron chi connectivity index (χ2n) is 8.93. The van der Waals surface area contributed by atoms with Crippen LogP contribution in [-0.4, -0.2) is 29.2 Å². The number of carbonyl (C=O) groups is 1. The summed E-state index contributed by atoms with van der Waals surface area (Å²) in [4.78, 5) is 9.41. The van der Waals surface area contributed by atoms with Crippen molar-refractivity contribution in [1.82, 2.24) is 0 Å². The van der Waals surface area contributed by atoms with Gasteiger partial charge in [0.1, 0.15) is 6.29 Å². The van der Waals surface area contributed by atoms with E-state index in [1.807, 2.05) is 0 Å². The molecule has 1 aromatic carbocycles. The molecule has 0 spiro atoms. The number of benzene rings is 1. The Kier molecular flexibility index (Phi) is 13.6. The maximum Gasteiger partial charge on any atom is 0.145 e. The molecule has 2 N–H and O–H groups in total. The number of carbonyl (C=O) groups excluding carboxylic acids is 1. The van der Waals surface area contributed by atoms with Crippen LogP contribution in [-0.2, 0) is 17.6 Å². The fraction of sp³-hybridized carbons (Fsp3) is 0.667. The molecule has 2 rings (SSSR count). The molecular weight excluding hydrogens is 372 g/mol. The van der Waals surface area contributed by atoms with E-state index < -0.39 is 6.10 Å². The summed E-state index contributed by atoms with van der Waals surface area (Å²) in [5.41, 5.74) is 4.79. The summed E-state index contributed by atoms with van der Waals surface area (Å²) in [7, 11) is 0. The first kappa shape index (κ1) is 26.6. The van der Waals surface area contributed by atoms with Gasteiger partial charge < -0.3 is 10.2 Å². The van der Waals surface area contributed by atoms with Crippen LogP contribution in [0.5, 0.6) is 0 Å². The lowest BCUT2D eigenvalue weighted by Crippen LogP contribution is -2.15. The summed E-state index contributed by atoms with van der Waals surface area (Å²) in [6, 6.07) is 6.81. The highest BCUT2D eigenvalue weighted by Gasteiger charge is 2.23. The molecule has 0 aromatic heterocycles. The van der Waals surface area contributed by atoms with Gasteiger partial charge in [0, 0.05) is 6.61 Å². The van der Waals surface area contributed by atoms with Crippen LogP contribution in [0.1, 0.15) is 101 Å². The van der Waals surface area contributed by atoms with Crippen molar-refractivity contribution in [3.8, 4) is 0 Å². The number of hydrogen-bond donors (Lipinski definition) is 2. The lowest BCUT2D eigenvalue weighted by Gasteiger charge is -2.30. The number of aliphatic hydroxyl groups is 2. The van der Waals surface area contributed by atoms with Crippen molar-refractivity contribution in [2.45, 2.75) is 103 Å². The van der Waals surface area contributed by atoms with Crippen LogP contribution in [0.3, 0.4) is 0 Å². The van der Waals surface area contributed by atoms with E-state index in [9.17, 15) is 9.90 Å². The highest BCUT2D eigenvalue weighted by molar-refractivity contribution is 5.70. The highest BCUT2D eigenvalue weighted by atomic mass is 16.3. The third-order valence-electron chi connectivity index (χ3n) is 6.23. The molecule has 0 heterocycles. The molecule has 0 amide bonds. The fourth-order valence-corrected chi connectivity index (χ4v) is 4.46. The summed E-state index contributed by atoms with van der Waals surface area (Å²) in [6.07, 6.45) is 13.5. The van der Waals surface area contributed by atoms with E-state index in [0.717, 1.165) is 24.5 Å². The van der Waals surface area contributed by atoms with Gasteiger partial charge in [-0.3, -0.25) is 4.79 Å². The van der Waals surface area contributed by atoms with E-state index in [1.54, 1.807) is 12.5 Å². The summed E-state index contributed by atoms with van der Waals surface area (Å²) < 4.78 is 0. The Hall–Kier alpha value is -1.45. The highest BCUT2D eigenvalue weighted by Crippen LogP contribution is 2.39. The van der Waals surface area contributed by atoms with Crippen molar-refractivity contribution >= 4 is 6.29 Å². The van der Waals surface area contributed by atoms with Crippen LogP contribution < -0.4 is 0 Å². The number of allylic oxidation sites excluding steroid dienone is 1. The minimum absolute atomic E-state index is 0.0569. The minimum Gasteiger partial charge on any atom is -0.396 e. The normalized spacial score (nSPS) is 19.5. The number of aryl methyl sites for hydroxylation is 1. The van der Waals surface area contributed by atoms with E-state index in [1.165, 1.54) is 62.5 Å². The smallest absolute Gasteiger partial charge is 0.145 e. The van der Waals surface area contributed by atoms with Crippen LogP contribution in [0, 0.1) is 5.92 Å². The molecule has 1 aliphatic rings. The minimum atomic E-state index is -0.431. The molecule has 1 saturated carbocycles. The molecule has 0 saturated heterocycles. The molecule has 1 unspecified atom stereocenters. The van der Waals surface area contributed by atoms with E-state index >= 15 is 0 Å². The lowest BCUT2D eigenvalue weighted by atomic mass is 9.75. The van der Waals surface area contributed by atoms with E-state index in [0.29, 0.717) is 18.4 Å². The first-order valence-corrected chi connectivity index (χ1v) is 12.0. The molecule has 1 atom stereocenters. The van der Waals surface area contributed by atoms with E-state index in [2.05, 4.69) is 38.6 Å². The van der Waals surface area contributed by atoms with Gasteiger partial charge in [-0.25, -0.2) is 0 Å². The second-order valence-corrected chi connectivity index (χ2v) is 8.93. The van der Waals surface area contributed by atoms with Gasteiger partial charge in [-0.1, -0.05) is 64.3 Å². The monoisotopic (exact) mass is 416 g/mol. The van der Waals surface area contributed by atoms with Crippen LogP contribution in [0.25, 0.3) is 0 Å². The van der Waals surface area contributed by atoms with Crippen molar-refractivity contribution in [3.63, 3.8) is 0 Å². The quantitative estimate of drug-likeness (QED) is 0.258. The SMILES string of the molecule is C=C(C)C=O.CCCCCC1CCC(c2ccc(CC(O)CCO)cc2CC)CC1. The third-order valence-corrected chi connectivity index (χ3v) is 6.23. The number of hydrogen-bond acceptors (Lipinski definition) is 3. The second kappa shape index (κ2) is 15.4. The molecule has 170 valence electrons. The molecule has 30 heavy (non-hydrogen) atoms. The molecule has 3 nitrogen and oxygen atoms in total. The Morgan fingerprint density at radius 2 is 1.87 bits per heavy atom. The maximum absolute atomic E-state index is 9.94. The Bertz CT molecular complexity index is 615. The standard InChI is InChI=1S/C23H38O2.C4H6O/c1-3-5-6-7-18-8-11-21(12-9-18)23-13-10-19(16-20(23)4-2)17-22(25)14-15-24;1-4(2)3-5/h10,13,16,18,21-22,24-25H,3-9,11-12,14-15,17H2,1-2H3;3H,1H2,2H3. The summed E-state index contributed by atoms with van der Waals surface area (Å²) in [5.74, 6) is 1.69. The molecule has 1 fully saturated rings. The zero-order valence-electron chi connectivity index (χ0n) is 19.5. The third kappa shape index (κ3) is 10.0. The van der Waals surface area contributed by atoms with Crippen LogP contribution in [0.2, 0.25) is 0 Å². The zero-order chi connectivity index (χ0) is 22.4. The van der Waals surface area contributed by atoms with Gasteiger partial charge in [-0.15, -0.1) is 0 Å².